The van der Waals surface area contributed by atoms with Gasteiger partial charge in [0.05, 0.1) is 5.57 Å². The molecule has 0 atom stereocenters. The van der Waals surface area contributed by atoms with Crippen molar-refractivity contribution in [2.45, 2.75) is 6.92 Å². The molecule has 0 saturated carbocycles. The summed E-state index contributed by atoms with van der Waals surface area (Å²) in [6.45, 7) is 1.66. The molecule has 0 unspecified atom stereocenters. The van der Waals surface area contributed by atoms with Gasteiger partial charge in [-0.25, -0.2) is 0 Å². The number of Topliss-reactive ketones (excluding diaryl/α,β-unsaturated/α-hetero) is 1. The van der Waals surface area contributed by atoms with Crippen LogP contribution in [0.4, 0.5) is 0 Å². The Morgan fingerprint density at radius 1 is 0.783 bits per heavy atom. The molecule has 1 aliphatic rings. The molecule has 1 aliphatic carbocycles. The zero-order valence-corrected chi connectivity index (χ0v) is 12.7. The van der Waals surface area contributed by atoms with E-state index in [4.69, 9.17) is 0 Å². The molecule has 23 heavy (non-hydrogen) atoms. The topological polar surface area (TPSA) is 34.1 Å². The van der Waals surface area contributed by atoms with Crippen molar-refractivity contribution in [3.8, 4) is 11.8 Å². The van der Waals surface area contributed by atoms with E-state index in [1.165, 1.54) is 6.08 Å². The summed E-state index contributed by atoms with van der Waals surface area (Å²) in [5.74, 6) is 5.51. The van der Waals surface area contributed by atoms with Gasteiger partial charge in [-0.15, -0.1) is 0 Å². The molecule has 2 aromatic carbocycles. The molecule has 0 aromatic heterocycles. The van der Waals surface area contributed by atoms with Crippen LogP contribution < -0.4 is 0 Å². The maximum atomic E-state index is 12.5. The van der Waals surface area contributed by atoms with Crippen molar-refractivity contribution in [1.29, 1.82) is 0 Å². The molecule has 0 spiro atoms. The van der Waals surface area contributed by atoms with Gasteiger partial charge < -0.3 is 0 Å². The van der Waals surface area contributed by atoms with E-state index in [-0.39, 0.29) is 17.1 Å². The molecule has 0 aliphatic heterocycles. The zero-order chi connectivity index (χ0) is 16.2. The van der Waals surface area contributed by atoms with Crippen molar-refractivity contribution < 1.29 is 9.59 Å². The van der Waals surface area contributed by atoms with Crippen LogP contribution in [-0.4, -0.2) is 11.6 Å². The summed E-state index contributed by atoms with van der Waals surface area (Å²) in [5, 5.41) is 0. The summed E-state index contributed by atoms with van der Waals surface area (Å²) in [6, 6.07) is 18.6. The average molecular weight is 298 g/mol. The summed E-state index contributed by atoms with van der Waals surface area (Å²) < 4.78 is 0. The van der Waals surface area contributed by atoms with Crippen LogP contribution in [0.25, 0.3) is 5.57 Å². The predicted molar refractivity (Wildman–Crippen MR) is 90.5 cm³/mol. The Hall–Kier alpha value is -3.18. The maximum Gasteiger partial charge on any atom is 0.195 e. The third-order valence-electron chi connectivity index (χ3n) is 3.60. The number of hydrogen-bond donors (Lipinski definition) is 0. The monoisotopic (exact) mass is 298 g/mol. The minimum Gasteiger partial charge on any atom is -0.289 e. The van der Waals surface area contributed by atoms with Gasteiger partial charge >= 0.3 is 0 Å². The molecule has 0 fully saturated rings. The average Bonchev–Trinajstić information content (AvgIpc) is 2.58. The molecular weight excluding hydrogens is 284 g/mol. The first-order valence-corrected chi connectivity index (χ1v) is 7.31. The van der Waals surface area contributed by atoms with Crippen LogP contribution in [0.1, 0.15) is 18.1 Å². The Labute approximate surface area is 135 Å². The number of hydrogen-bond acceptors (Lipinski definition) is 2. The molecular formula is C21H14O2. The SMILES string of the molecule is CC1=CC(=O)C(C#Cc2ccccc2)=C(c2ccccc2)C1=O. The van der Waals surface area contributed by atoms with Gasteiger partial charge in [-0.1, -0.05) is 60.4 Å². The van der Waals surface area contributed by atoms with E-state index in [0.29, 0.717) is 11.1 Å². The van der Waals surface area contributed by atoms with E-state index >= 15 is 0 Å². The van der Waals surface area contributed by atoms with E-state index in [9.17, 15) is 9.59 Å². The van der Waals surface area contributed by atoms with Crippen LogP contribution in [0.5, 0.6) is 0 Å². The highest BCUT2D eigenvalue weighted by atomic mass is 16.1. The lowest BCUT2D eigenvalue weighted by atomic mass is 9.86. The van der Waals surface area contributed by atoms with Gasteiger partial charge in [-0.3, -0.25) is 9.59 Å². The van der Waals surface area contributed by atoms with Crippen LogP contribution in [0.2, 0.25) is 0 Å². The summed E-state index contributed by atoms with van der Waals surface area (Å²) in [7, 11) is 0. The minimum absolute atomic E-state index is 0.145. The number of carbonyl (C=O) groups is 2. The fourth-order valence-corrected chi connectivity index (χ4v) is 2.43. The molecule has 0 bridgehead atoms. The fourth-order valence-electron chi connectivity index (χ4n) is 2.43. The summed E-state index contributed by atoms with van der Waals surface area (Å²) in [4.78, 5) is 24.9. The lowest BCUT2D eigenvalue weighted by Crippen LogP contribution is -2.16. The Morgan fingerprint density at radius 2 is 1.39 bits per heavy atom. The van der Waals surface area contributed by atoms with Gasteiger partial charge in [0, 0.05) is 16.7 Å². The number of benzene rings is 2. The Kier molecular flexibility index (Phi) is 4.03. The predicted octanol–water partition coefficient (Wildman–Crippen LogP) is 3.59. The van der Waals surface area contributed by atoms with E-state index in [2.05, 4.69) is 11.8 Å². The summed E-state index contributed by atoms with van der Waals surface area (Å²) in [5.41, 5.74) is 2.61. The molecule has 0 saturated heterocycles. The number of rotatable bonds is 1. The normalized spacial score (nSPS) is 14.2. The molecule has 0 radical (unpaired) electrons. The van der Waals surface area contributed by atoms with Crippen LogP contribution in [-0.2, 0) is 9.59 Å². The molecule has 2 heteroatoms. The van der Waals surface area contributed by atoms with E-state index < -0.39 is 0 Å². The van der Waals surface area contributed by atoms with Gasteiger partial charge in [-0.2, -0.15) is 0 Å². The zero-order valence-electron chi connectivity index (χ0n) is 12.7. The molecule has 110 valence electrons. The second kappa shape index (κ2) is 6.29. The minimum atomic E-state index is -0.218. The van der Waals surface area contributed by atoms with Gasteiger partial charge in [-0.05, 0) is 30.7 Å². The third-order valence-corrected chi connectivity index (χ3v) is 3.60. The van der Waals surface area contributed by atoms with Crippen molar-refractivity contribution in [1.82, 2.24) is 0 Å². The molecule has 0 amide bonds. The molecule has 2 aromatic rings. The molecule has 2 nitrogen and oxygen atoms in total. The number of ketones is 2. The highest BCUT2D eigenvalue weighted by molar-refractivity contribution is 6.39. The second-order valence-corrected chi connectivity index (χ2v) is 5.25. The fraction of sp³-hybridized carbons (Fsp3) is 0.0476. The van der Waals surface area contributed by atoms with Crippen LogP contribution in [0.15, 0.2) is 77.9 Å². The first-order chi connectivity index (χ1) is 11.2. The largest absolute Gasteiger partial charge is 0.289 e. The Balaban J connectivity index is 2.15. The van der Waals surface area contributed by atoms with Crippen molar-refractivity contribution in [2.24, 2.45) is 0 Å². The summed E-state index contributed by atoms with van der Waals surface area (Å²) >= 11 is 0. The second-order valence-electron chi connectivity index (χ2n) is 5.25. The lowest BCUT2D eigenvalue weighted by molar-refractivity contribution is -0.114. The maximum absolute atomic E-state index is 12.5. The quantitative estimate of drug-likeness (QED) is 0.595. The van der Waals surface area contributed by atoms with Crippen molar-refractivity contribution >= 4 is 17.1 Å². The lowest BCUT2D eigenvalue weighted by Gasteiger charge is -2.14. The number of carbonyl (C=O) groups excluding carboxylic acids is 2. The first-order valence-electron chi connectivity index (χ1n) is 7.31. The van der Waals surface area contributed by atoms with Gasteiger partial charge in [0.2, 0.25) is 0 Å². The van der Waals surface area contributed by atoms with Crippen molar-refractivity contribution in [3.63, 3.8) is 0 Å². The highest BCUT2D eigenvalue weighted by Crippen LogP contribution is 2.27. The first kappa shape index (κ1) is 14.7. The van der Waals surface area contributed by atoms with Crippen molar-refractivity contribution in [3.05, 3.63) is 89.0 Å². The van der Waals surface area contributed by atoms with Crippen LogP contribution in [0.3, 0.4) is 0 Å². The van der Waals surface area contributed by atoms with Crippen LogP contribution >= 0.6 is 0 Å². The van der Waals surface area contributed by atoms with E-state index in [1.807, 2.05) is 60.7 Å². The van der Waals surface area contributed by atoms with Gasteiger partial charge in [0.15, 0.2) is 11.6 Å². The Morgan fingerprint density at radius 3 is 2.04 bits per heavy atom. The van der Waals surface area contributed by atoms with Gasteiger partial charge in [0.25, 0.3) is 0 Å². The van der Waals surface area contributed by atoms with E-state index in [0.717, 1.165) is 11.1 Å². The third kappa shape index (κ3) is 3.04. The number of allylic oxidation sites excluding steroid dienone is 4. The standard InChI is InChI=1S/C21H14O2/c1-15-14-19(22)18(13-12-16-8-4-2-5-9-16)20(21(15)23)17-10-6-3-7-11-17/h2-11,14H,1H3. The Bertz CT molecular complexity index is 889. The summed E-state index contributed by atoms with van der Waals surface area (Å²) in [6.07, 6.45) is 1.36. The van der Waals surface area contributed by atoms with E-state index in [1.54, 1.807) is 6.92 Å². The van der Waals surface area contributed by atoms with Crippen LogP contribution in [0, 0.1) is 11.8 Å². The smallest absolute Gasteiger partial charge is 0.195 e. The highest BCUT2D eigenvalue weighted by Gasteiger charge is 2.26. The van der Waals surface area contributed by atoms with Crippen molar-refractivity contribution in [2.75, 3.05) is 0 Å². The molecule has 0 heterocycles. The molecule has 0 N–H and O–H groups in total. The van der Waals surface area contributed by atoms with Gasteiger partial charge in [0.1, 0.15) is 0 Å². The molecule has 3 rings (SSSR count).